The van der Waals surface area contributed by atoms with Gasteiger partial charge in [0.25, 0.3) is 0 Å². The maximum atomic E-state index is 2.32. The molecule has 0 aliphatic heterocycles. The highest BCUT2D eigenvalue weighted by molar-refractivity contribution is 5.48. The molecule has 19 heavy (non-hydrogen) atoms. The van der Waals surface area contributed by atoms with Crippen LogP contribution in [0.4, 0.5) is 0 Å². The first-order chi connectivity index (χ1) is 9.43. The second-order valence-electron chi connectivity index (χ2n) is 5.43. The lowest BCUT2D eigenvalue weighted by atomic mass is 10.1. The summed E-state index contributed by atoms with van der Waals surface area (Å²) < 4.78 is 0. The van der Waals surface area contributed by atoms with Gasteiger partial charge in [0, 0.05) is 0 Å². The van der Waals surface area contributed by atoms with Crippen LogP contribution in [0.15, 0.2) is 36.4 Å². The lowest BCUT2D eigenvalue weighted by molar-refractivity contribution is 0.566. The Morgan fingerprint density at radius 3 is 1.95 bits per heavy atom. The van der Waals surface area contributed by atoms with E-state index in [1.807, 2.05) is 0 Å². The van der Waals surface area contributed by atoms with Crippen LogP contribution in [0, 0.1) is 0 Å². The molecule has 0 aromatic heterocycles. The molecule has 0 saturated heterocycles. The summed E-state index contributed by atoms with van der Waals surface area (Å²) in [5.74, 6) is 0. The van der Waals surface area contributed by atoms with Crippen LogP contribution < -0.4 is 0 Å². The van der Waals surface area contributed by atoms with Gasteiger partial charge in [-0.15, -0.1) is 0 Å². The largest absolute Gasteiger partial charge is 0.0839 e. The average molecular weight is 258 g/mol. The third-order valence-corrected chi connectivity index (χ3v) is 3.58. The standard InChI is InChI=1S/C19H30/c1-2-3-4-5-6-7-8-9-10-11-13-16-19-17-14-12-15-18-19/h12-18H,2-11H2,1H3/b16-13-. The molecule has 1 aromatic carbocycles. The van der Waals surface area contributed by atoms with Crippen molar-refractivity contribution in [3.8, 4) is 0 Å². The first kappa shape index (κ1) is 16.0. The fourth-order valence-electron chi connectivity index (χ4n) is 2.36. The van der Waals surface area contributed by atoms with E-state index >= 15 is 0 Å². The topological polar surface area (TPSA) is 0 Å². The second-order valence-corrected chi connectivity index (χ2v) is 5.43. The van der Waals surface area contributed by atoms with Gasteiger partial charge in [-0.2, -0.15) is 0 Å². The summed E-state index contributed by atoms with van der Waals surface area (Å²) in [6.45, 7) is 2.28. The Kier molecular flexibility index (Phi) is 10.1. The van der Waals surface area contributed by atoms with Gasteiger partial charge in [0.05, 0.1) is 0 Å². The summed E-state index contributed by atoms with van der Waals surface area (Å²) in [4.78, 5) is 0. The summed E-state index contributed by atoms with van der Waals surface area (Å²) in [5.41, 5.74) is 1.32. The van der Waals surface area contributed by atoms with Crippen molar-refractivity contribution in [1.82, 2.24) is 0 Å². The highest BCUT2D eigenvalue weighted by Crippen LogP contribution is 2.11. The molecular formula is C19H30. The van der Waals surface area contributed by atoms with Crippen LogP contribution in [0.5, 0.6) is 0 Å². The molecule has 0 spiro atoms. The van der Waals surface area contributed by atoms with Crippen molar-refractivity contribution in [3.05, 3.63) is 42.0 Å². The van der Waals surface area contributed by atoms with Gasteiger partial charge in [0.15, 0.2) is 0 Å². The van der Waals surface area contributed by atoms with Crippen LogP contribution >= 0.6 is 0 Å². The van der Waals surface area contributed by atoms with Crippen LogP contribution in [0.25, 0.3) is 6.08 Å². The third kappa shape index (κ3) is 9.53. The van der Waals surface area contributed by atoms with Gasteiger partial charge >= 0.3 is 0 Å². The Morgan fingerprint density at radius 1 is 0.737 bits per heavy atom. The molecule has 0 N–H and O–H groups in total. The molecule has 0 heterocycles. The zero-order chi connectivity index (χ0) is 13.6. The van der Waals surface area contributed by atoms with Crippen molar-refractivity contribution < 1.29 is 0 Å². The molecule has 1 rings (SSSR count). The van der Waals surface area contributed by atoms with Crippen molar-refractivity contribution in [2.75, 3.05) is 0 Å². The number of unbranched alkanes of at least 4 members (excludes halogenated alkanes) is 9. The quantitative estimate of drug-likeness (QED) is 0.391. The lowest BCUT2D eigenvalue weighted by Gasteiger charge is -2.00. The molecule has 0 fully saturated rings. The molecule has 0 aliphatic rings. The molecule has 0 saturated carbocycles. The van der Waals surface area contributed by atoms with Crippen LogP contribution in [0.1, 0.15) is 76.7 Å². The number of rotatable bonds is 11. The Balaban J connectivity index is 1.87. The molecule has 1 aromatic rings. The van der Waals surface area contributed by atoms with Crippen LogP contribution in [-0.4, -0.2) is 0 Å². The highest BCUT2D eigenvalue weighted by Gasteiger charge is 1.91. The lowest BCUT2D eigenvalue weighted by Crippen LogP contribution is -1.80. The summed E-state index contributed by atoms with van der Waals surface area (Å²) >= 11 is 0. The van der Waals surface area contributed by atoms with Crippen molar-refractivity contribution in [2.24, 2.45) is 0 Å². The minimum atomic E-state index is 1.23. The van der Waals surface area contributed by atoms with Gasteiger partial charge < -0.3 is 0 Å². The molecule has 0 aliphatic carbocycles. The fourth-order valence-corrected chi connectivity index (χ4v) is 2.36. The normalized spacial score (nSPS) is 11.2. The van der Waals surface area contributed by atoms with E-state index in [2.05, 4.69) is 49.4 Å². The first-order valence-corrected chi connectivity index (χ1v) is 8.15. The van der Waals surface area contributed by atoms with E-state index in [0.717, 1.165) is 0 Å². The van der Waals surface area contributed by atoms with Crippen molar-refractivity contribution in [1.29, 1.82) is 0 Å². The minimum absolute atomic E-state index is 1.23. The smallest absolute Gasteiger partial charge is 0.0260 e. The van der Waals surface area contributed by atoms with Gasteiger partial charge in [-0.3, -0.25) is 0 Å². The van der Waals surface area contributed by atoms with E-state index in [0.29, 0.717) is 0 Å². The van der Waals surface area contributed by atoms with Crippen molar-refractivity contribution in [2.45, 2.75) is 71.1 Å². The van der Waals surface area contributed by atoms with E-state index in [9.17, 15) is 0 Å². The van der Waals surface area contributed by atoms with E-state index in [1.54, 1.807) is 0 Å². The number of hydrogen-bond acceptors (Lipinski definition) is 0. The second kappa shape index (κ2) is 12.0. The zero-order valence-corrected chi connectivity index (χ0v) is 12.6. The maximum Gasteiger partial charge on any atom is -0.0260 e. The van der Waals surface area contributed by atoms with E-state index in [-0.39, 0.29) is 0 Å². The molecular weight excluding hydrogens is 228 g/mol. The minimum Gasteiger partial charge on any atom is -0.0839 e. The Morgan fingerprint density at radius 2 is 1.32 bits per heavy atom. The predicted octanol–water partition coefficient (Wildman–Crippen LogP) is 6.62. The summed E-state index contributed by atoms with van der Waals surface area (Å²) in [6.07, 6.45) is 18.5. The monoisotopic (exact) mass is 258 g/mol. The van der Waals surface area contributed by atoms with Gasteiger partial charge in [-0.25, -0.2) is 0 Å². The summed E-state index contributed by atoms with van der Waals surface area (Å²) in [5, 5.41) is 0. The summed E-state index contributed by atoms with van der Waals surface area (Å²) in [7, 11) is 0. The maximum absolute atomic E-state index is 2.32. The molecule has 0 atom stereocenters. The Hall–Kier alpha value is -1.04. The SMILES string of the molecule is CCCCCCCCCCC/C=C\c1ccccc1. The van der Waals surface area contributed by atoms with Gasteiger partial charge in [-0.1, -0.05) is 101 Å². The highest BCUT2D eigenvalue weighted by atomic mass is 14.0. The molecule has 0 unspecified atom stereocenters. The Bertz CT molecular complexity index is 310. The molecule has 0 nitrogen and oxygen atoms in total. The third-order valence-electron chi connectivity index (χ3n) is 3.58. The van der Waals surface area contributed by atoms with Crippen LogP contribution in [0.2, 0.25) is 0 Å². The molecule has 0 heteroatoms. The summed E-state index contributed by atoms with van der Waals surface area (Å²) in [6, 6.07) is 10.6. The zero-order valence-electron chi connectivity index (χ0n) is 12.6. The van der Waals surface area contributed by atoms with Gasteiger partial charge in [-0.05, 0) is 18.4 Å². The van der Waals surface area contributed by atoms with Crippen LogP contribution in [0.3, 0.4) is 0 Å². The van der Waals surface area contributed by atoms with E-state index < -0.39 is 0 Å². The van der Waals surface area contributed by atoms with E-state index in [1.165, 1.54) is 69.8 Å². The molecule has 106 valence electrons. The van der Waals surface area contributed by atoms with Gasteiger partial charge in [0.2, 0.25) is 0 Å². The molecule has 0 amide bonds. The Labute approximate surface area is 119 Å². The van der Waals surface area contributed by atoms with Gasteiger partial charge in [0.1, 0.15) is 0 Å². The average Bonchev–Trinajstić information content (AvgIpc) is 2.46. The van der Waals surface area contributed by atoms with Crippen LogP contribution in [-0.2, 0) is 0 Å². The number of allylic oxidation sites excluding steroid dienone is 1. The fraction of sp³-hybridized carbons (Fsp3) is 0.579. The first-order valence-electron chi connectivity index (χ1n) is 8.15. The predicted molar refractivity (Wildman–Crippen MR) is 87.3 cm³/mol. The van der Waals surface area contributed by atoms with Crippen molar-refractivity contribution >= 4 is 6.08 Å². The number of hydrogen-bond donors (Lipinski definition) is 0. The number of benzene rings is 1. The van der Waals surface area contributed by atoms with E-state index in [4.69, 9.17) is 0 Å². The molecule has 0 bridgehead atoms. The molecule has 0 radical (unpaired) electrons. The van der Waals surface area contributed by atoms with Crippen molar-refractivity contribution in [3.63, 3.8) is 0 Å².